The van der Waals surface area contributed by atoms with Crippen LogP contribution in [0.1, 0.15) is 27.6 Å². The van der Waals surface area contributed by atoms with E-state index in [0.29, 0.717) is 26.2 Å². The number of hydrogen-bond acceptors (Lipinski definition) is 4. The van der Waals surface area contributed by atoms with E-state index >= 15 is 0 Å². The van der Waals surface area contributed by atoms with Gasteiger partial charge in [0.2, 0.25) is 11.8 Å². The van der Waals surface area contributed by atoms with E-state index in [4.69, 9.17) is 0 Å². The van der Waals surface area contributed by atoms with Gasteiger partial charge in [-0.15, -0.1) is 11.3 Å². The highest BCUT2D eigenvalue weighted by Crippen LogP contribution is 2.37. The van der Waals surface area contributed by atoms with Gasteiger partial charge in [0.05, 0.1) is 19.0 Å². The van der Waals surface area contributed by atoms with Crippen molar-refractivity contribution < 1.29 is 18.4 Å². The van der Waals surface area contributed by atoms with Crippen molar-refractivity contribution in [3.63, 3.8) is 0 Å². The van der Waals surface area contributed by atoms with Gasteiger partial charge in [-0.3, -0.25) is 14.5 Å². The van der Waals surface area contributed by atoms with E-state index in [9.17, 15) is 18.4 Å². The number of piperazine rings is 1. The molecule has 2 aliphatic rings. The maximum Gasteiger partial charge on any atom is 0.236 e. The van der Waals surface area contributed by atoms with Crippen LogP contribution in [0, 0.1) is 11.6 Å². The molecule has 182 valence electrons. The molecular formula is C27H27F2N3O2S. The predicted octanol–water partition coefficient (Wildman–Crippen LogP) is 3.89. The molecular weight excluding hydrogens is 468 g/mol. The van der Waals surface area contributed by atoms with Gasteiger partial charge in [0.15, 0.2) is 0 Å². The normalized spacial score (nSPS) is 18.4. The lowest BCUT2D eigenvalue weighted by Gasteiger charge is -2.39. The lowest BCUT2D eigenvalue weighted by molar-refractivity contribution is -0.140. The Bertz CT molecular complexity index is 1210. The molecule has 0 aliphatic carbocycles. The lowest BCUT2D eigenvalue weighted by Crippen LogP contribution is -2.53. The first-order valence-corrected chi connectivity index (χ1v) is 12.7. The van der Waals surface area contributed by atoms with Crippen LogP contribution in [0.5, 0.6) is 0 Å². The molecule has 5 nitrogen and oxygen atoms in total. The summed E-state index contributed by atoms with van der Waals surface area (Å²) in [7, 11) is 0. The Kier molecular flexibility index (Phi) is 6.92. The third kappa shape index (κ3) is 5.28. The van der Waals surface area contributed by atoms with E-state index in [-0.39, 0.29) is 42.5 Å². The molecule has 5 rings (SSSR count). The van der Waals surface area contributed by atoms with Crippen LogP contribution in [0.4, 0.5) is 8.78 Å². The van der Waals surface area contributed by atoms with Crippen molar-refractivity contribution in [3.8, 4) is 0 Å². The second kappa shape index (κ2) is 10.3. The minimum absolute atomic E-state index is 0.0177. The van der Waals surface area contributed by atoms with Gasteiger partial charge in [-0.25, -0.2) is 8.78 Å². The number of benzene rings is 2. The summed E-state index contributed by atoms with van der Waals surface area (Å²) >= 11 is 1.71. The Labute approximate surface area is 207 Å². The second-order valence-electron chi connectivity index (χ2n) is 9.04. The number of nitrogens with zero attached hydrogens (tertiary/aromatic N) is 3. The summed E-state index contributed by atoms with van der Waals surface area (Å²) in [6, 6.07) is 14.5. The number of carbonyl (C=O) groups is 2. The van der Waals surface area contributed by atoms with Gasteiger partial charge in [0.25, 0.3) is 0 Å². The van der Waals surface area contributed by atoms with Crippen LogP contribution in [0.3, 0.4) is 0 Å². The van der Waals surface area contributed by atoms with Gasteiger partial charge in [-0.05, 0) is 58.8 Å². The molecule has 35 heavy (non-hydrogen) atoms. The third-order valence-corrected chi connectivity index (χ3v) is 7.82. The van der Waals surface area contributed by atoms with Gasteiger partial charge in [-0.2, -0.15) is 0 Å². The summed E-state index contributed by atoms with van der Waals surface area (Å²) in [4.78, 5) is 32.9. The molecule has 0 radical (unpaired) electrons. The zero-order valence-corrected chi connectivity index (χ0v) is 20.1. The van der Waals surface area contributed by atoms with Crippen LogP contribution in [-0.4, -0.2) is 65.8 Å². The molecule has 3 aromatic rings. The van der Waals surface area contributed by atoms with Crippen molar-refractivity contribution in [1.29, 1.82) is 0 Å². The Balaban J connectivity index is 1.21. The van der Waals surface area contributed by atoms with E-state index in [1.165, 1.54) is 23.1 Å². The van der Waals surface area contributed by atoms with Crippen molar-refractivity contribution in [2.75, 3.05) is 39.3 Å². The van der Waals surface area contributed by atoms with Gasteiger partial charge >= 0.3 is 0 Å². The monoisotopic (exact) mass is 495 g/mol. The number of rotatable bonds is 5. The Morgan fingerprint density at radius 2 is 1.57 bits per heavy atom. The lowest BCUT2D eigenvalue weighted by atomic mass is 9.93. The van der Waals surface area contributed by atoms with Crippen LogP contribution in [0.2, 0.25) is 0 Å². The fourth-order valence-corrected chi connectivity index (χ4v) is 5.88. The van der Waals surface area contributed by atoms with E-state index in [1.807, 2.05) is 11.0 Å². The van der Waals surface area contributed by atoms with Crippen LogP contribution in [0.15, 0.2) is 60.0 Å². The quantitative estimate of drug-likeness (QED) is 0.540. The minimum atomic E-state index is -0.322. The molecule has 0 unspecified atom stereocenters. The second-order valence-corrected chi connectivity index (χ2v) is 10.0. The topological polar surface area (TPSA) is 43.9 Å². The molecule has 2 aromatic carbocycles. The van der Waals surface area contributed by atoms with Crippen molar-refractivity contribution in [2.24, 2.45) is 0 Å². The number of halogens is 2. The molecule has 2 aliphatic heterocycles. The molecule has 1 aromatic heterocycles. The van der Waals surface area contributed by atoms with E-state index in [2.05, 4.69) is 16.3 Å². The standard InChI is InChI=1S/C27H27F2N3O2S/c28-21-6-4-19(5-7-21)16-25(33)30-11-13-31(14-12-30)26(34)18-32-10-8-24-23(9-15-35-24)27(32)20-2-1-3-22(29)17-20/h1-7,9,15,17,27H,8,10-14,16,18H2/t27-/m1/s1. The first kappa shape index (κ1) is 23.6. The van der Waals surface area contributed by atoms with Gasteiger partial charge in [0, 0.05) is 37.6 Å². The molecule has 0 N–H and O–H groups in total. The number of thiophene rings is 1. The van der Waals surface area contributed by atoms with Crippen molar-refractivity contribution in [1.82, 2.24) is 14.7 Å². The summed E-state index contributed by atoms with van der Waals surface area (Å²) in [5.74, 6) is -0.596. The van der Waals surface area contributed by atoms with Gasteiger partial charge in [0.1, 0.15) is 11.6 Å². The average molecular weight is 496 g/mol. The minimum Gasteiger partial charge on any atom is -0.339 e. The van der Waals surface area contributed by atoms with E-state index in [0.717, 1.165) is 29.7 Å². The van der Waals surface area contributed by atoms with Crippen molar-refractivity contribution in [3.05, 3.63) is 93.2 Å². The zero-order chi connectivity index (χ0) is 24.4. The Morgan fingerprint density at radius 3 is 2.29 bits per heavy atom. The SMILES string of the molecule is O=C(Cc1ccc(F)cc1)N1CCN(C(=O)CN2CCc3sccc3[C@H]2c2cccc(F)c2)CC1. The van der Waals surface area contributed by atoms with Crippen LogP contribution in [0.25, 0.3) is 0 Å². The van der Waals surface area contributed by atoms with Crippen molar-refractivity contribution in [2.45, 2.75) is 18.9 Å². The summed E-state index contributed by atoms with van der Waals surface area (Å²) in [5.41, 5.74) is 2.78. The van der Waals surface area contributed by atoms with Gasteiger partial charge in [-0.1, -0.05) is 24.3 Å². The van der Waals surface area contributed by atoms with Crippen LogP contribution >= 0.6 is 11.3 Å². The highest BCUT2D eigenvalue weighted by molar-refractivity contribution is 7.10. The average Bonchev–Trinajstić information content (AvgIpc) is 3.34. The number of hydrogen-bond donors (Lipinski definition) is 0. The number of fused-ring (bicyclic) bond motifs is 1. The Morgan fingerprint density at radius 1 is 0.857 bits per heavy atom. The number of carbonyl (C=O) groups excluding carboxylic acids is 2. The van der Waals surface area contributed by atoms with E-state index < -0.39 is 0 Å². The van der Waals surface area contributed by atoms with Gasteiger partial charge < -0.3 is 9.80 Å². The van der Waals surface area contributed by atoms with Crippen molar-refractivity contribution >= 4 is 23.2 Å². The largest absolute Gasteiger partial charge is 0.339 e. The highest BCUT2D eigenvalue weighted by atomic mass is 32.1. The molecule has 1 fully saturated rings. The molecule has 1 saturated heterocycles. The molecule has 0 spiro atoms. The summed E-state index contributed by atoms with van der Waals surface area (Å²) in [6.45, 7) is 2.91. The molecule has 0 bridgehead atoms. The summed E-state index contributed by atoms with van der Waals surface area (Å²) < 4.78 is 27.1. The van der Waals surface area contributed by atoms with Crippen LogP contribution < -0.4 is 0 Å². The fraction of sp³-hybridized carbons (Fsp3) is 0.333. The Hall–Kier alpha value is -3.10. The third-order valence-electron chi connectivity index (χ3n) is 6.82. The van der Waals surface area contributed by atoms with E-state index in [1.54, 1.807) is 40.5 Å². The molecule has 8 heteroatoms. The molecule has 2 amide bonds. The molecule has 1 atom stereocenters. The molecule has 0 saturated carbocycles. The first-order chi connectivity index (χ1) is 17.0. The summed E-state index contributed by atoms with van der Waals surface area (Å²) in [6.07, 6.45) is 1.10. The molecule has 3 heterocycles. The van der Waals surface area contributed by atoms with Crippen LogP contribution in [-0.2, 0) is 22.4 Å². The smallest absolute Gasteiger partial charge is 0.236 e. The zero-order valence-electron chi connectivity index (χ0n) is 19.3. The number of amides is 2. The predicted molar refractivity (Wildman–Crippen MR) is 131 cm³/mol. The highest BCUT2D eigenvalue weighted by Gasteiger charge is 2.33. The first-order valence-electron chi connectivity index (χ1n) is 11.8. The fourth-order valence-electron chi connectivity index (χ4n) is 4.97. The summed E-state index contributed by atoms with van der Waals surface area (Å²) in [5, 5.41) is 2.06. The maximum atomic E-state index is 14.0. The maximum absolute atomic E-state index is 14.0.